The standard InChI is InChI=1S/C13H18N4O3S/c1-9-10(6-8-20-9)16(2)21(18,19)13-12(14)15-11-5-3-4-7-17(11)13/h3-5,7,9-10H,6,8,14H2,1-2H3. The van der Waals surface area contributed by atoms with E-state index in [4.69, 9.17) is 10.5 Å². The lowest BCUT2D eigenvalue weighted by Crippen LogP contribution is -2.41. The number of nitrogens with two attached hydrogens (primary N) is 1. The second-order valence-electron chi connectivity index (χ2n) is 5.18. The molecule has 0 saturated carbocycles. The number of hydrogen-bond acceptors (Lipinski definition) is 5. The molecule has 114 valence electrons. The zero-order valence-electron chi connectivity index (χ0n) is 11.9. The van der Waals surface area contributed by atoms with E-state index in [1.54, 1.807) is 31.4 Å². The highest BCUT2D eigenvalue weighted by atomic mass is 32.2. The molecule has 7 nitrogen and oxygen atoms in total. The fourth-order valence-electron chi connectivity index (χ4n) is 2.76. The van der Waals surface area contributed by atoms with E-state index in [0.29, 0.717) is 18.7 Å². The molecule has 0 bridgehead atoms. The largest absolute Gasteiger partial charge is 0.381 e. The van der Waals surface area contributed by atoms with Gasteiger partial charge in [-0.15, -0.1) is 0 Å². The maximum absolute atomic E-state index is 12.9. The van der Waals surface area contributed by atoms with E-state index in [9.17, 15) is 8.42 Å². The van der Waals surface area contributed by atoms with Gasteiger partial charge in [-0.2, -0.15) is 4.31 Å². The Labute approximate surface area is 123 Å². The summed E-state index contributed by atoms with van der Waals surface area (Å²) in [6.07, 6.45) is 2.19. The summed E-state index contributed by atoms with van der Waals surface area (Å²) in [4.78, 5) is 4.11. The zero-order chi connectivity index (χ0) is 15.2. The maximum Gasteiger partial charge on any atom is 0.262 e. The fourth-order valence-corrected chi connectivity index (χ4v) is 4.38. The van der Waals surface area contributed by atoms with Crippen molar-refractivity contribution >= 4 is 21.5 Å². The number of nitrogen functional groups attached to an aromatic ring is 1. The van der Waals surface area contributed by atoms with E-state index in [2.05, 4.69) is 4.98 Å². The smallest absolute Gasteiger partial charge is 0.262 e. The van der Waals surface area contributed by atoms with Crippen LogP contribution in [0.4, 0.5) is 5.82 Å². The third-order valence-corrected chi connectivity index (χ3v) is 5.86. The number of sulfonamides is 1. The van der Waals surface area contributed by atoms with Crippen molar-refractivity contribution in [3.05, 3.63) is 24.4 Å². The average molecular weight is 310 g/mol. The van der Waals surface area contributed by atoms with Crippen molar-refractivity contribution < 1.29 is 13.2 Å². The summed E-state index contributed by atoms with van der Waals surface area (Å²) in [5, 5.41) is 0.0136. The van der Waals surface area contributed by atoms with Crippen molar-refractivity contribution in [3.8, 4) is 0 Å². The van der Waals surface area contributed by atoms with Crippen molar-refractivity contribution in [2.24, 2.45) is 0 Å². The van der Waals surface area contributed by atoms with Gasteiger partial charge in [0, 0.05) is 19.9 Å². The molecule has 2 N–H and O–H groups in total. The highest BCUT2D eigenvalue weighted by Crippen LogP contribution is 2.28. The van der Waals surface area contributed by atoms with Gasteiger partial charge in [-0.3, -0.25) is 4.40 Å². The Morgan fingerprint density at radius 3 is 2.90 bits per heavy atom. The van der Waals surface area contributed by atoms with E-state index in [1.807, 2.05) is 6.92 Å². The number of nitrogens with zero attached hydrogens (tertiary/aromatic N) is 3. The average Bonchev–Trinajstić information content (AvgIpc) is 3.00. The van der Waals surface area contributed by atoms with Crippen LogP contribution in [0.1, 0.15) is 13.3 Å². The molecule has 21 heavy (non-hydrogen) atoms. The lowest BCUT2D eigenvalue weighted by atomic mass is 10.2. The van der Waals surface area contributed by atoms with E-state index in [-0.39, 0.29) is 23.0 Å². The molecule has 0 amide bonds. The summed E-state index contributed by atoms with van der Waals surface area (Å²) in [7, 11) is -2.18. The number of aromatic nitrogens is 2. The monoisotopic (exact) mass is 310 g/mol. The Hall–Kier alpha value is -1.64. The Kier molecular flexibility index (Phi) is 3.39. The van der Waals surface area contributed by atoms with Crippen LogP contribution in [0.15, 0.2) is 29.4 Å². The number of ether oxygens (including phenoxy) is 1. The number of likely N-dealkylation sites (N-methyl/N-ethyl adjacent to an activating group) is 1. The van der Waals surface area contributed by atoms with Gasteiger partial charge < -0.3 is 10.5 Å². The maximum atomic E-state index is 12.9. The molecule has 0 aliphatic carbocycles. The van der Waals surface area contributed by atoms with E-state index in [0.717, 1.165) is 0 Å². The molecule has 1 aliphatic rings. The number of anilines is 1. The summed E-state index contributed by atoms with van der Waals surface area (Å²) < 4.78 is 34.1. The first-order valence-corrected chi connectivity index (χ1v) is 8.19. The van der Waals surface area contributed by atoms with Gasteiger partial charge in [-0.25, -0.2) is 13.4 Å². The Morgan fingerprint density at radius 2 is 2.24 bits per heavy atom. The number of imidazole rings is 1. The molecule has 3 rings (SSSR count). The number of hydrogen-bond donors (Lipinski definition) is 1. The number of pyridine rings is 1. The molecule has 1 aliphatic heterocycles. The van der Waals surface area contributed by atoms with E-state index in [1.165, 1.54) is 8.71 Å². The normalized spacial score (nSPS) is 23.2. The van der Waals surface area contributed by atoms with Crippen LogP contribution in [0.2, 0.25) is 0 Å². The van der Waals surface area contributed by atoms with E-state index < -0.39 is 10.0 Å². The van der Waals surface area contributed by atoms with Crippen LogP contribution in [-0.2, 0) is 14.8 Å². The Morgan fingerprint density at radius 1 is 1.48 bits per heavy atom. The van der Waals surface area contributed by atoms with Gasteiger partial charge in [-0.05, 0) is 25.5 Å². The van der Waals surface area contributed by atoms with Crippen LogP contribution < -0.4 is 5.73 Å². The molecule has 8 heteroatoms. The fraction of sp³-hybridized carbons (Fsp3) is 0.462. The van der Waals surface area contributed by atoms with Gasteiger partial charge in [0.15, 0.2) is 10.8 Å². The molecule has 2 aromatic heterocycles. The van der Waals surface area contributed by atoms with Crippen molar-refractivity contribution in [1.29, 1.82) is 0 Å². The molecule has 0 spiro atoms. The van der Waals surface area contributed by atoms with Crippen LogP contribution in [0, 0.1) is 0 Å². The minimum atomic E-state index is -3.74. The number of fused-ring (bicyclic) bond motifs is 1. The van der Waals surface area contributed by atoms with Gasteiger partial charge in [0.2, 0.25) is 0 Å². The second kappa shape index (κ2) is 4.97. The summed E-state index contributed by atoms with van der Waals surface area (Å²) in [5.74, 6) is 0.0135. The van der Waals surface area contributed by atoms with Crippen LogP contribution in [0.3, 0.4) is 0 Å². The third-order valence-electron chi connectivity index (χ3n) is 3.94. The van der Waals surface area contributed by atoms with Gasteiger partial charge in [0.25, 0.3) is 10.0 Å². The zero-order valence-corrected chi connectivity index (χ0v) is 12.7. The Bertz CT molecular complexity index is 771. The van der Waals surface area contributed by atoms with Crippen molar-refractivity contribution in [1.82, 2.24) is 13.7 Å². The third kappa shape index (κ3) is 2.19. The summed E-state index contributed by atoms with van der Waals surface area (Å²) in [6.45, 7) is 2.44. The first-order valence-electron chi connectivity index (χ1n) is 6.75. The quantitative estimate of drug-likeness (QED) is 0.902. The Balaban J connectivity index is 2.10. The minimum absolute atomic E-state index is 0.0135. The lowest BCUT2D eigenvalue weighted by molar-refractivity contribution is 0.102. The topological polar surface area (TPSA) is 89.9 Å². The molecule has 0 radical (unpaired) electrons. The molecule has 0 aromatic carbocycles. The predicted molar refractivity (Wildman–Crippen MR) is 78.4 cm³/mol. The van der Waals surface area contributed by atoms with Gasteiger partial charge >= 0.3 is 0 Å². The van der Waals surface area contributed by atoms with Crippen molar-refractivity contribution in [3.63, 3.8) is 0 Å². The van der Waals surface area contributed by atoms with Gasteiger partial charge in [-0.1, -0.05) is 6.07 Å². The first-order chi connectivity index (χ1) is 9.93. The highest BCUT2D eigenvalue weighted by Gasteiger charge is 2.37. The van der Waals surface area contributed by atoms with E-state index >= 15 is 0 Å². The molecular weight excluding hydrogens is 292 g/mol. The van der Waals surface area contributed by atoms with Crippen molar-refractivity contribution in [2.45, 2.75) is 30.5 Å². The molecule has 3 heterocycles. The summed E-state index contributed by atoms with van der Waals surface area (Å²) >= 11 is 0. The summed E-state index contributed by atoms with van der Waals surface area (Å²) in [5.41, 5.74) is 6.35. The SMILES string of the molecule is CC1OCCC1N(C)S(=O)(=O)c1c(N)nc2ccccn12. The highest BCUT2D eigenvalue weighted by molar-refractivity contribution is 7.89. The molecular formula is C13H18N4O3S. The van der Waals surface area contributed by atoms with Gasteiger partial charge in [0.1, 0.15) is 5.65 Å². The summed E-state index contributed by atoms with van der Waals surface area (Å²) in [6, 6.07) is 5.06. The predicted octanol–water partition coefficient (Wildman–Crippen LogP) is 0.714. The molecule has 2 aromatic rings. The molecule has 2 atom stereocenters. The lowest BCUT2D eigenvalue weighted by Gasteiger charge is -2.25. The molecule has 1 saturated heterocycles. The van der Waals surface area contributed by atoms with Crippen LogP contribution in [0.25, 0.3) is 5.65 Å². The first kappa shape index (κ1) is 14.3. The van der Waals surface area contributed by atoms with Crippen LogP contribution in [0.5, 0.6) is 0 Å². The second-order valence-corrected chi connectivity index (χ2v) is 7.10. The molecule has 2 unspecified atom stereocenters. The minimum Gasteiger partial charge on any atom is -0.381 e. The number of rotatable bonds is 3. The van der Waals surface area contributed by atoms with Crippen molar-refractivity contribution in [2.75, 3.05) is 19.4 Å². The van der Waals surface area contributed by atoms with Crippen LogP contribution in [-0.4, -0.2) is 47.9 Å². The van der Waals surface area contributed by atoms with Gasteiger partial charge in [0.05, 0.1) is 12.1 Å². The van der Waals surface area contributed by atoms with Crippen LogP contribution >= 0.6 is 0 Å². The molecule has 1 fully saturated rings.